The minimum absolute atomic E-state index is 0.0586. The molecule has 1 amide bonds. The number of nitrogens with zero attached hydrogens (tertiary/aromatic N) is 1. The second-order valence-electron chi connectivity index (χ2n) is 11.1. The number of rotatable bonds is 15. The Morgan fingerprint density at radius 2 is 1.59 bits per heavy atom. The molecule has 0 bridgehead atoms. The van der Waals surface area contributed by atoms with Crippen molar-refractivity contribution in [3.05, 3.63) is 124 Å². The summed E-state index contributed by atoms with van der Waals surface area (Å²) in [5.74, 6) is -6.01. The zero-order valence-corrected chi connectivity index (χ0v) is 26.7. The van der Waals surface area contributed by atoms with Gasteiger partial charge < -0.3 is 19.9 Å². The molecule has 272 valence electrons. The fourth-order valence-electron chi connectivity index (χ4n) is 4.95. The number of aliphatic carboxylic acids is 1. The highest BCUT2D eigenvalue weighted by atomic mass is 35.5. The van der Waals surface area contributed by atoms with Crippen LogP contribution in [0.3, 0.4) is 0 Å². The molecule has 1 aromatic heterocycles. The molecule has 0 aliphatic heterocycles. The molecular formula is C34H26ClF9N2O5. The molecular weight excluding hydrogens is 723 g/mol. The number of alkyl halides is 7. The van der Waals surface area contributed by atoms with Crippen LogP contribution in [0.25, 0.3) is 0 Å². The third-order valence-electron chi connectivity index (χ3n) is 7.34. The molecule has 0 radical (unpaired) electrons. The Balaban J connectivity index is 1.85. The van der Waals surface area contributed by atoms with Crippen LogP contribution in [0.4, 0.5) is 39.5 Å². The summed E-state index contributed by atoms with van der Waals surface area (Å²) in [6.45, 7) is 0.161. The number of carbonyl (C=O) groups excluding carboxylic acids is 1. The fraction of sp³-hybridized carbons (Fsp3) is 0.265. The van der Waals surface area contributed by atoms with Crippen molar-refractivity contribution >= 4 is 23.5 Å². The highest BCUT2D eigenvalue weighted by Crippen LogP contribution is 2.38. The van der Waals surface area contributed by atoms with Crippen LogP contribution in [0.5, 0.6) is 11.5 Å². The van der Waals surface area contributed by atoms with Gasteiger partial charge in [-0.15, -0.1) is 0 Å². The van der Waals surface area contributed by atoms with E-state index in [-0.39, 0.29) is 29.8 Å². The van der Waals surface area contributed by atoms with E-state index in [0.29, 0.717) is 36.3 Å². The molecule has 1 heterocycles. The van der Waals surface area contributed by atoms with Gasteiger partial charge in [0.15, 0.2) is 0 Å². The molecule has 3 aromatic carbocycles. The van der Waals surface area contributed by atoms with Crippen LogP contribution in [0.2, 0.25) is 5.02 Å². The van der Waals surface area contributed by atoms with Crippen molar-refractivity contribution in [3.63, 3.8) is 0 Å². The maximum absolute atomic E-state index is 15.1. The minimum Gasteiger partial charge on any atom is -0.494 e. The summed E-state index contributed by atoms with van der Waals surface area (Å²) in [6, 6.07) is 11.6. The Hall–Kier alpha value is -4.99. The zero-order chi connectivity index (χ0) is 37.6. The van der Waals surface area contributed by atoms with E-state index in [1.165, 1.54) is 36.4 Å². The standard InChI is InChI=1S/C34H26ClF9N2O5/c35-22-7-11-28(45-18-22)32(21-14-23(36)16-25(15-21)51-34(43,44)31(38)39,46-30(49)20-6-10-27(37)26(13-20)33(40,41)42)17-19-4-8-24(9-5-19)50-12-2-1-3-29(47)48/h4-11,13-16,18,31H,1-3,12,17H2,(H,46,49)(H,47,48)/t32-/m0/s1. The first-order valence-electron chi connectivity index (χ1n) is 14.8. The molecule has 17 heteroatoms. The second kappa shape index (κ2) is 15.9. The molecule has 0 unspecified atom stereocenters. The largest absolute Gasteiger partial charge is 0.494 e. The number of carbonyl (C=O) groups is 2. The third kappa shape index (κ3) is 10.1. The van der Waals surface area contributed by atoms with Gasteiger partial charge in [-0.3, -0.25) is 14.6 Å². The SMILES string of the molecule is O=C(O)CCCCOc1ccc(C[C@](NC(=O)c2ccc(F)c(C(F)(F)F)c2)(c2cc(F)cc(OC(F)(F)C(F)F)c2)c2ccc(Cl)cn2)cc1. The number of unbranched alkanes of at least 4 members (excludes halogenated alkanes) is 1. The van der Waals surface area contributed by atoms with Crippen LogP contribution in [-0.4, -0.2) is 41.1 Å². The van der Waals surface area contributed by atoms with Crippen molar-refractivity contribution in [1.82, 2.24) is 10.3 Å². The van der Waals surface area contributed by atoms with E-state index in [2.05, 4.69) is 15.0 Å². The topological polar surface area (TPSA) is 97.8 Å². The van der Waals surface area contributed by atoms with Gasteiger partial charge in [-0.2, -0.15) is 30.7 Å². The Morgan fingerprint density at radius 3 is 2.20 bits per heavy atom. The number of aromatic nitrogens is 1. The number of benzene rings is 3. The average Bonchev–Trinajstić information content (AvgIpc) is 3.04. The van der Waals surface area contributed by atoms with Gasteiger partial charge in [0.05, 0.1) is 22.9 Å². The van der Waals surface area contributed by atoms with E-state index in [4.69, 9.17) is 21.4 Å². The van der Waals surface area contributed by atoms with Crippen LogP contribution in [-0.2, 0) is 22.9 Å². The highest BCUT2D eigenvalue weighted by Gasteiger charge is 2.45. The minimum atomic E-state index is -5.21. The van der Waals surface area contributed by atoms with Crippen molar-refractivity contribution in [2.45, 2.75) is 49.9 Å². The van der Waals surface area contributed by atoms with Crippen molar-refractivity contribution in [2.75, 3.05) is 6.61 Å². The number of ether oxygens (including phenoxy) is 2. The van der Waals surface area contributed by atoms with Gasteiger partial charge in [0.25, 0.3) is 5.91 Å². The molecule has 0 saturated heterocycles. The van der Waals surface area contributed by atoms with Gasteiger partial charge >= 0.3 is 24.7 Å². The summed E-state index contributed by atoms with van der Waals surface area (Å²) < 4.78 is 134. The molecule has 0 fully saturated rings. The van der Waals surface area contributed by atoms with Crippen molar-refractivity contribution in [3.8, 4) is 11.5 Å². The Morgan fingerprint density at radius 1 is 0.882 bits per heavy atom. The quantitative estimate of drug-likeness (QED) is 0.0932. The predicted octanol–water partition coefficient (Wildman–Crippen LogP) is 8.82. The smallest absolute Gasteiger partial charge is 0.461 e. The molecule has 2 N–H and O–H groups in total. The molecule has 0 spiro atoms. The molecule has 7 nitrogen and oxygen atoms in total. The van der Waals surface area contributed by atoms with E-state index in [0.717, 1.165) is 24.4 Å². The average molecular weight is 749 g/mol. The van der Waals surface area contributed by atoms with E-state index in [9.17, 15) is 44.7 Å². The van der Waals surface area contributed by atoms with Gasteiger partial charge in [-0.25, -0.2) is 8.78 Å². The lowest BCUT2D eigenvalue weighted by atomic mass is 9.80. The van der Waals surface area contributed by atoms with Crippen molar-refractivity contribution in [2.24, 2.45) is 0 Å². The van der Waals surface area contributed by atoms with Gasteiger partial charge in [-0.05, 0) is 78.6 Å². The van der Waals surface area contributed by atoms with E-state index in [1.807, 2.05) is 0 Å². The second-order valence-corrected chi connectivity index (χ2v) is 11.5. The summed E-state index contributed by atoms with van der Waals surface area (Å²) >= 11 is 6.02. The molecule has 0 aliphatic carbocycles. The zero-order valence-electron chi connectivity index (χ0n) is 25.9. The molecule has 4 rings (SSSR count). The normalized spacial score (nSPS) is 13.1. The predicted molar refractivity (Wildman–Crippen MR) is 164 cm³/mol. The van der Waals surface area contributed by atoms with Crippen LogP contribution in [0, 0.1) is 11.6 Å². The monoisotopic (exact) mass is 748 g/mol. The molecule has 4 aromatic rings. The van der Waals surface area contributed by atoms with Crippen molar-refractivity contribution in [1.29, 1.82) is 0 Å². The summed E-state index contributed by atoms with van der Waals surface area (Å²) in [7, 11) is 0. The van der Waals surface area contributed by atoms with E-state index in [1.54, 1.807) is 0 Å². The summed E-state index contributed by atoms with van der Waals surface area (Å²) in [4.78, 5) is 28.7. The first-order chi connectivity index (χ1) is 23.9. The Labute approximate surface area is 289 Å². The summed E-state index contributed by atoms with van der Waals surface area (Å²) in [5.41, 5.74) is -4.97. The Bertz CT molecular complexity index is 1840. The van der Waals surface area contributed by atoms with Crippen molar-refractivity contribution < 1.29 is 63.7 Å². The third-order valence-corrected chi connectivity index (χ3v) is 7.57. The lowest BCUT2D eigenvalue weighted by molar-refractivity contribution is -0.253. The lowest BCUT2D eigenvalue weighted by Crippen LogP contribution is -2.49. The molecule has 0 saturated carbocycles. The Kier molecular flexibility index (Phi) is 12.1. The van der Waals surface area contributed by atoms with Gasteiger partial charge in [0.1, 0.15) is 28.7 Å². The van der Waals surface area contributed by atoms with Gasteiger partial charge in [0.2, 0.25) is 0 Å². The number of hydrogen-bond acceptors (Lipinski definition) is 5. The van der Waals surface area contributed by atoms with Crippen LogP contribution >= 0.6 is 11.6 Å². The van der Waals surface area contributed by atoms with Crippen LogP contribution < -0.4 is 14.8 Å². The molecule has 0 aliphatic rings. The number of pyridine rings is 1. The van der Waals surface area contributed by atoms with Crippen LogP contribution in [0.15, 0.2) is 79.0 Å². The van der Waals surface area contributed by atoms with Crippen LogP contribution in [0.1, 0.15) is 52.0 Å². The van der Waals surface area contributed by atoms with E-state index >= 15 is 4.39 Å². The number of carboxylic acids is 1. The number of hydrogen-bond donors (Lipinski definition) is 2. The maximum atomic E-state index is 15.1. The number of halogens is 10. The highest BCUT2D eigenvalue weighted by molar-refractivity contribution is 6.30. The fourth-order valence-corrected chi connectivity index (χ4v) is 5.06. The summed E-state index contributed by atoms with van der Waals surface area (Å²) in [6.07, 6.45) is -13.2. The maximum Gasteiger partial charge on any atom is 0.461 e. The number of amides is 1. The van der Waals surface area contributed by atoms with Gasteiger partial charge in [-0.1, -0.05) is 23.7 Å². The first-order valence-corrected chi connectivity index (χ1v) is 15.2. The van der Waals surface area contributed by atoms with Gasteiger partial charge in [0, 0.05) is 30.7 Å². The molecule has 1 atom stereocenters. The first kappa shape index (κ1) is 38.8. The number of carboxylic acid groups (broad SMARTS) is 1. The summed E-state index contributed by atoms with van der Waals surface area (Å²) in [5, 5.41) is 11.3. The molecule has 51 heavy (non-hydrogen) atoms. The number of nitrogens with one attached hydrogen (secondary N) is 1. The van der Waals surface area contributed by atoms with E-state index < -0.39 is 76.6 Å². The lowest BCUT2D eigenvalue weighted by Gasteiger charge is -2.36.